The molecule has 0 amide bonds. The molecule has 0 bridgehead atoms. The summed E-state index contributed by atoms with van der Waals surface area (Å²) >= 11 is 2.90. The van der Waals surface area contributed by atoms with Gasteiger partial charge in [0.15, 0.2) is 9.84 Å². The summed E-state index contributed by atoms with van der Waals surface area (Å²) in [6.07, 6.45) is -3.96. The molecule has 0 radical (unpaired) electrons. The van der Waals surface area contributed by atoms with E-state index in [1.54, 1.807) is 0 Å². The van der Waals surface area contributed by atoms with E-state index in [4.69, 9.17) is 0 Å². The van der Waals surface area contributed by atoms with Crippen molar-refractivity contribution in [3.8, 4) is 5.75 Å². The quantitative estimate of drug-likeness (QED) is 0.842. The van der Waals surface area contributed by atoms with Gasteiger partial charge in [-0.25, -0.2) is 8.42 Å². The van der Waals surface area contributed by atoms with Crippen molar-refractivity contribution in [1.82, 2.24) is 0 Å². The second kappa shape index (κ2) is 4.25. The van der Waals surface area contributed by atoms with Crippen LogP contribution < -0.4 is 4.74 Å². The van der Waals surface area contributed by atoms with Gasteiger partial charge in [-0.15, -0.1) is 13.2 Å². The summed E-state index contributed by atoms with van der Waals surface area (Å²) < 4.78 is 61.8. The Morgan fingerprint density at radius 2 is 1.81 bits per heavy atom. The average molecular weight is 319 g/mol. The number of hydrogen-bond acceptors (Lipinski definition) is 3. The van der Waals surface area contributed by atoms with E-state index in [0.29, 0.717) is 0 Å². The predicted octanol–water partition coefficient (Wildman–Crippen LogP) is 2.75. The van der Waals surface area contributed by atoms with E-state index >= 15 is 0 Å². The van der Waals surface area contributed by atoms with Crippen molar-refractivity contribution < 1.29 is 26.3 Å². The molecule has 0 saturated heterocycles. The molecule has 16 heavy (non-hydrogen) atoms. The standard InChI is InChI=1S/C8H6BrF3O3S/c1-16(13,14)7-3-5(9)2-6(4-7)15-8(10,11)12/h2-4H,1H3. The van der Waals surface area contributed by atoms with Gasteiger partial charge in [0.25, 0.3) is 0 Å². The maximum Gasteiger partial charge on any atom is 0.573 e. The second-order valence-electron chi connectivity index (χ2n) is 2.94. The van der Waals surface area contributed by atoms with Crippen LogP contribution in [0.25, 0.3) is 0 Å². The number of alkyl halides is 3. The van der Waals surface area contributed by atoms with E-state index < -0.39 is 21.9 Å². The van der Waals surface area contributed by atoms with E-state index in [9.17, 15) is 21.6 Å². The Bertz CT molecular complexity index is 496. The fraction of sp³-hybridized carbons (Fsp3) is 0.250. The van der Waals surface area contributed by atoms with Gasteiger partial charge in [-0.05, 0) is 18.2 Å². The molecule has 3 nitrogen and oxygen atoms in total. The smallest absolute Gasteiger partial charge is 0.406 e. The molecule has 0 atom stereocenters. The van der Waals surface area contributed by atoms with Crippen molar-refractivity contribution in [2.45, 2.75) is 11.3 Å². The monoisotopic (exact) mass is 318 g/mol. The zero-order valence-electron chi connectivity index (χ0n) is 7.88. The molecule has 0 aromatic heterocycles. The van der Waals surface area contributed by atoms with Gasteiger partial charge in [0.1, 0.15) is 5.75 Å². The number of sulfone groups is 1. The van der Waals surface area contributed by atoms with Crippen LogP contribution in [0.2, 0.25) is 0 Å². The summed E-state index contributed by atoms with van der Waals surface area (Å²) in [5.41, 5.74) is 0. The van der Waals surface area contributed by atoms with Crippen molar-refractivity contribution in [3.63, 3.8) is 0 Å². The van der Waals surface area contributed by atoms with Crippen molar-refractivity contribution in [3.05, 3.63) is 22.7 Å². The summed E-state index contributed by atoms with van der Waals surface area (Å²) in [4.78, 5) is -0.249. The molecule has 0 unspecified atom stereocenters. The predicted molar refractivity (Wildman–Crippen MR) is 53.9 cm³/mol. The summed E-state index contributed by atoms with van der Waals surface area (Å²) in [5.74, 6) is -0.581. The summed E-state index contributed by atoms with van der Waals surface area (Å²) in [5, 5.41) is 0. The minimum absolute atomic E-state index is 0.190. The third kappa shape index (κ3) is 4.01. The summed E-state index contributed by atoms with van der Waals surface area (Å²) in [7, 11) is -3.58. The number of halogens is 4. The van der Waals surface area contributed by atoms with Crippen LogP contribution >= 0.6 is 15.9 Å². The molecule has 0 heterocycles. The van der Waals surface area contributed by atoms with Crippen LogP contribution in [0.3, 0.4) is 0 Å². The van der Waals surface area contributed by atoms with Gasteiger partial charge in [0.05, 0.1) is 4.90 Å². The molecule has 8 heteroatoms. The molecule has 0 aliphatic rings. The maximum absolute atomic E-state index is 11.9. The molecular formula is C8H6BrF3O3S. The Morgan fingerprint density at radius 3 is 2.25 bits per heavy atom. The molecule has 0 saturated carbocycles. The lowest BCUT2D eigenvalue weighted by atomic mass is 10.3. The number of ether oxygens (including phenoxy) is 1. The van der Waals surface area contributed by atoms with E-state index in [1.807, 2.05) is 0 Å². The molecule has 0 aliphatic heterocycles. The second-order valence-corrected chi connectivity index (χ2v) is 5.87. The Balaban J connectivity index is 3.19. The minimum atomic E-state index is -4.85. The molecule has 1 aromatic rings. The highest BCUT2D eigenvalue weighted by molar-refractivity contribution is 9.10. The Labute approximate surface area is 98.3 Å². The molecular weight excluding hydrogens is 313 g/mol. The van der Waals surface area contributed by atoms with E-state index in [2.05, 4.69) is 20.7 Å². The van der Waals surface area contributed by atoms with Gasteiger partial charge >= 0.3 is 6.36 Å². The van der Waals surface area contributed by atoms with Gasteiger partial charge in [-0.1, -0.05) is 15.9 Å². The van der Waals surface area contributed by atoms with E-state index in [-0.39, 0.29) is 9.37 Å². The first-order valence-corrected chi connectivity index (χ1v) is 6.53. The molecule has 0 aliphatic carbocycles. The maximum atomic E-state index is 11.9. The van der Waals surface area contributed by atoms with Crippen molar-refractivity contribution >= 4 is 25.8 Å². The lowest BCUT2D eigenvalue weighted by Crippen LogP contribution is -2.17. The highest BCUT2D eigenvalue weighted by atomic mass is 79.9. The van der Waals surface area contributed by atoms with Crippen LogP contribution in [-0.2, 0) is 9.84 Å². The molecule has 0 spiro atoms. The van der Waals surface area contributed by atoms with Crippen LogP contribution in [0.1, 0.15) is 0 Å². The van der Waals surface area contributed by atoms with Gasteiger partial charge in [-0.2, -0.15) is 0 Å². The number of rotatable bonds is 2. The van der Waals surface area contributed by atoms with Crippen LogP contribution in [0.15, 0.2) is 27.6 Å². The third-order valence-corrected chi connectivity index (χ3v) is 3.06. The topological polar surface area (TPSA) is 43.4 Å². The van der Waals surface area contributed by atoms with Crippen LogP contribution in [0, 0.1) is 0 Å². The Morgan fingerprint density at radius 1 is 1.25 bits per heavy atom. The highest BCUT2D eigenvalue weighted by Crippen LogP contribution is 2.28. The first-order chi connectivity index (χ1) is 7.08. The Hall–Kier alpha value is -0.760. The van der Waals surface area contributed by atoms with E-state index in [1.165, 1.54) is 6.07 Å². The average Bonchev–Trinajstić information content (AvgIpc) is 1.97. The highest BCUT2D eigenvalue weighted by Gasteiger charge is 2.31. The molecule has 1 rings (SSSR count). The number of hydrogen-bond donors (Lipinski definition) is 0. The summed E-state index contributed by atoms with van der Waals surface area (Å²) in [6.45, 7) is 0. The molecule has 0 fully saturated rings. The van der Waals surface area contributed by atoms with Crippen LogP contribution in [-0.4, -0.2) is 21.0 Å². The lowest BCUT2D eigenvalue weighted by molar-refractivity contribution is -0.274. The SMILES string of the molecule is CS(=O)(=O)c1cc(Br)cc(OC(F)(F)F)c1. The normalized spacial score (nSPS) is 12.6. The first kappa shape index (κ1) is 13.3. The third-order valence-electron chi connectivity index (χ3n) is 1.51. The van der Waals surface area contributed by atoms with Gasteiger partial charge in [-0.3, -0.25) is 0 Å². The van der Waals surface area contributed by atoms with Gasteiger partial charge < -0.3 is 4.74 Å². The lowest BCUT2D eigenvalue weighted by Gasteiger charge is -2.10. The van der Waals surface area contributed by atoms with Crippen molar-refractivity contribution in [2.24, 2.45) is 0 Å². The van der Waals surface area contributed by atoms with Crippen molar-refractivity contribution in [2.75, 3.05) is 6.26 Å². The molecule has 1 aromatic carbocycles. The van der Waals surface area contributed by atoms with Gasteiger partial charge in [0.2, 0.25) is 0 Å². The fourth-order valence-corrected chi connectivity index (χ4v) is 2.24. The fourth-order valence-electron chi connectivity index (χ4n) is 0.944. The van der Waals surface area contributed by atoms with E-state index in [0.717, 1.165) is 18.4 Å². The number of benzene rings is 1. The molecule has 0 N–H and O–H groups in total. The molecule has 90 valence electrons. The van der Waals surface area contributed by atoms with Crippen LogP contribution in [0.5, 0.6) is 5.75 Å². The van der Waals surface area contributed by atoms with Gasteiger partial charge in [0, 0.05) is 10.7 Å². The zero-order chi connectivity index (χ0) is 12.6. The largest absolute Gasteiger partial charge is 0.573 e. The van der Waals surface area contributed by atoms with Crippen molar-refractivity contribution in [1.29, 1.82) is 0 Å². The minimum Gasteiger partial charge on any atom is -0.406 e. The summed E-state index contributed by atoms with van der Waals surface area (Å²) in [6, 6.07) is 3.04. The van der Waals surface area contributed by atoms with Crippen LogP contribution in [0.4, 0.5) is 13.2 Å². The Kier molecular flexibility index (Phi) is 3.53. The first-order valence-electron chi connectivity index (χ1n) is 3.84. The zero-order valence-corrected chi connectivity index (χ0v) is 10.3.